The molecule has 1 N–H and O–H groups in total. The summed E-state index contributed by atoms with van der Waals surface area (Å²) in [4.78, 5) is 2.24. The number of aromatic nitrogens is 1. The Kier molecular flexibility index (Phi) is 7.63. The summed E-state index contributed by atoms with van der Waals surface area (Å²) in [6.45, 7) is 0.505. The first-order valence-electron chi connectivity index (χ1n) is 12.5. The highest BCUT2D eigenvalue weighted by Crippen LogP contribution is 2.34. The maximum absolute atomic E-state index is 11.1. The highest BCUT2D eigenvalue weighted by Gasteiger charge is 2.14. The number of nitrogens with zero attached hydrogens (tertiary/aromatic N) is 2. The first kappa shape index (κ1) is 25.4. The van der Waals surface area contributed by atoms with Crippen LogP contribution in [0, 0.1) is 0 Å². The van der Waals surface area contributed by atoms with Crippen molar-refractivity contribution in [3.05, 3.63) is 133 Å². The molecule has 0 radical (unpaired) electrons. The molecule has 0 saturated heterocycles. The molecule has 5 rings (SSSR count). The predicted molar refractivity (Wildman–Crippen MR) is 155 cm³/mol. The number of aryl methyl sites for hydroxylation is 1. The molecule has 0 aliphatic heterocycles. The smallest absolute Gasteiger partial charge is 0.265 e. The van der Waals surface area contributed by atoms with Gasteiger partial charge in [-0.3, -0.25) is 4.55 Å². The topological polar surface area (TPSA) is 61.5 Å². The normalized spacial score (nSPS) is 11.7. The predicted octanol–water partition coefficient (Wildman–Crippen LogP) is 7.05. The van der Waals surface area contributed by atoms with Crippen LogP contribution in [-0.4, -0.2) is 18.7 Å². The van der Waals surface area contributed by atoms with Crippen LogP contribution in [0.25, 0.3) is 23.1 Å². The SMILES string of the molecule is O=S(=O)(O)CCC[n+]1ccc(/C=C/c2ccc(N(c3ccccc3)c3ccccc3)cc2)c2ccccc21. The van der Waals surface area contributed by atoms with E-state index in [-0.39, 0.29) is 5.75 Å². The Hall–Kier alpha value is -4.26. The summed E-state index contributed by atoms with van der Waals surface area (Å²) in [5, 5.41) is 1.08. The number of benzene rings is 4. The summed E-state index contributed by atoms with van der Waals surface area (Å²) in [6.07, 6.45) is 6.51. The van der Waals surface area contributed by atoms with E-state index >= 15 is 0 Å². The Morgan fingerprint density at radius 2 is 1.26 bits per heavy atom. The molecule has 0 saturated carbocycles. The van der Waals surface area contributed by atoms with Crippen molar-refractivity contribution in [3.63, 3.8) is 0 Å². The lowest BCUT2D eigenvalue weighted by Crippen LogP contribution is -2.35. The number of hydrogen-bond acceptors (Lipinski definition) is 3. The van der Waals surface area contributed by atoms with Crippen molar-refractivity contribution in [3.8, 4) is 0 Å². The van der Waals surface area contributed by atoms with Crippen LogP contribution in [0.1, 0.15) is 17.5 Å². The Bertz CT molecular complexity index is 1610. The zero-order chi connectivity index (χ0) is 26.4. The van der Waals surface area contributed by atoms with Gasteiger partial charge in [-0.15, -0.1) is 0 Å². The summed E-state index contributed by atoms with van der Waals surface area (Å²) in [6, 6.07) is 39.2. The van der Waals surface area contributed by atoms with E-state index in [4.69, 9.17) is 4.55 Å². The van der Waals surface area contributed by atoms with Crippen LogP contribution in [0.2, 0.25) is 0 Å². The molecule has 38 heavy (non-hydrogen) atoms. The fourth-order valence-electron chi connectivity index (χ4n) is 4.59. The number of para-hydroxylation sites is 3. The quantitative estimate of drug-likeness (QED) is 0.167. The summed E-state index contributed by atoms with van der Waals surface area (Å²) < 4.78 is 33.3. The minimum atomic E-state index is -3.96. The molecule has 0 spiro atoms. The zero-order valence-electron chi connectivity index (χ0n) is 20.9. The summed E-state index contributed by atoms with van der Waals surface area (Å²) in [5.74, 6) is -0.252. The van der Waals surface area contributed by atoms with Crippen LogP contribution in [-0.2, 0) is 16.7 Å². The van der Waals surface area contributed by atoms with Gasteiger partial charge in [-0.2, -0.15) is 13.0 Å². The van der Waals surface area contributed by atoms with E-state index in [2.05, 4.69) is 71.6 Å². The maximum Gasteiger partial charge on any atom is 0.265 e. The number of pyridine rings is 1. The molecule has 5 nitrogen and oxygen atoms in total. The second kappa shape index (κ2) is 11.4. The second-order valence-electron chi connectivity index (χ2n) is 9.05. The van der Waals surface area contributed by atoms with Crippen LogP contribution in [0.4, 0.5) is 17.1 Å². The summed E-state index contributed by atoms with van der Waals surface area (Å²) in [7, 11) is -3.96. The highest BCUT2D eigenvalue weighted by molar-refractivity contribution is 7.85. The lowest BCUT2D eigenvalue weighted by Gasteiger charge is -2.25. The summed E-state index contributed by atoms with van der Waals surface area (Å²) >= 11 is 0. The standard InChI is InChI=1S/C32H28N2O3S/c35-38(36,37)25-9-23-33-24-22-27(31-14-7-8-15-32(31)33)19-16-26-17-20-30(21-18-26)34(28-10-3-1-4-11-28)29-12-5-2-6-13-29/h1-8,10-22,24H,9,23,25H2/p+1. The number of fused-ring (bicyclic) bond motifs is 1. The Balaban J connectivity index is 1.39. The third-order valence-electron chi connectivity index (χ3n) is 6.40. The Morgan fingerprint density at radius 1 is 0.684 bits per heavy atom. The molecule has 1 aromatic heterocycles. The first-order chi connectivity index (χ1) is 18.5. The second-order valence-corrected chi connectivity index (χ2v) is 10.6. The molecule has 0 bridgehead atoms. The van der Waals surface area contributed by atoms with Gasteiger partial charge in [0.25, 0.3) is 10.1 Å². The molecule has 0 aliphatic rings. The van der Waals surface area contributed by atoms with Crippen molar-refractivity contribution < 1.29 is 17.5 Å². The van der Waals surface area contributed by atoms with Gasteiger partial charge in [-0.25, -0.2) is 0 Å². The van der Waals surface area contributed by atoms with Gasteiger partial charge in [-0.1, -0.05) is 72.8 Å². The van der Waals surface area contributed by atoms with Gasteiger partial charge in [0, 0.05) is 35.6 Å². The molecule has 0 amide bonds. The molecule has 4 aromatic carbocycles. The van der Waals surface area contributed by atoms with Gasteiger partial charge in [0.2, 0.25) is 5.52 Å². The van der Waals surface area contributed by atoms with Crippen molar-refractivity contribution in [2.24, 2.45) is 0 Å². The number of rotatable bonds is 9. The average molecular weight is 522 g/mol. The van der Waals surface area contributed by atoms with E-state index in [9.17, 15) is 8.42 Å². The van der Waals surface area contributed by atoms with Crippen molar-refractivity contribution in [1.82, 2.24) is 0 Å². The van der Waals surface area contributed by atoms with E-state index in [0.29, 0.717) is 13.0 Å². The van der Waals surface area contributed by atoms with Gasteiger partial charge < -0.3 is 4.90 Å². The van der Waals surface area contributed by atoms with E-state index in [1.165, 1.54) is 0 Å². The van der Waals surface area contributed by atoms with Crippen molar-refractivity contribution in [2.75, 3.05) is 10.7 Å². The van der Waals surface area contributed by atoms with Gasteiger partial charge in [-0.05, 0) is 53.6 Å². The third-order valence-corrected chi connectivity index (χ3v) is 7.20. The fourth-order valence-corrected chi connectivity index (χ4v) is 5.08. The number of anilines is 3. The molecule has 0 fully saturated rings. The van der Waals surface area contributed by atoms with Crippen LogP contribution in [0.3, 0.4) is 0 Å². The van der Waals surface area contributed by atoms with Crippen LogP contribution in [0.5, 0.6) is 0 Å². The zero-order valence-corrected chi connectivity index (χ0v) is 21.7. The van der Waals surface area contributed by atoms with Gasteiger partial charge in [0.1, 0.15) is 6.54 Å². The molecule has 0 unspecified atom stereocenters. The molecule has 0 aliphatic carbocycles. The first-order valence-corrected chi connectivity index (χ1v) is 14.1. The molecule has 6 heteroatoms. The van der Waals surface area contributed by atoms with Crippen LogP contribution < -0.4 is 9.47 Å². The minimum absolute atomic E-state index is 0.252. The number of hydrogen-bond donors (Lipinski definition) is 1. The van der Waals surface area contributed by atoms with E-state index in [1.54, 1.807) is 0 Å². The van der Waals surface area contributed by atoms with E-state index in [0.717, 1.165) is 39.1 Å². The van der Waals surface area contributed by atoms with Crippen LogP contribution >= 0.6 is 0 Å². The molecular formula is C32H29N2O3S+. The van der Waals surface area contributed by atoms with Gasteiger partial charge in [0.15, 0.2) is 6.20 Å². The summed E-state index contributed by atoms with van der Waals surface area (Å²) in [5.41, 5.74) is 6.46. The van der Waals surface area contributed by atoms with Gasteiger partial charge >= 0.3 is 0 Å². The lowest BCUT2D eigenvalue weighted by atomic mass is 10.1. The molecule has 5 aromatic rings. The van der Waals surface area contributed by atoms with Crippen LogP contribution in [0.15, 0.2) is 121 Å². The Morgan fingerprint density at radius 3 is 1.89 bits per heavy atom. The average Bonchev–Trinajstić information content (AvgIpc) is 2.94. The molecule has 0 atom stereocenters. The monoisotopic (exact) mass is 521 g/mol. The van der Waals surface area contributed by atoms with E-state index < -0.39 is 10.1 Å². The Labute approximate surface area is 223 Å². The third kappa shape index (κ3) is 6.17. The van der Waals surface area contributed by atoms with Gasteiger partial charge in [0.05, 0.1) is 11.1 Å². The van der Waals surface area contributed by atoms with E-state index in [1.807, 2.05) is 71.4 Å². The molecule has 190 valence electrons. The fraction of sp³-hybridized carbons (Fsp3) is 0.0938. The van der Waals surface area contributed by atoms with Crippen molar-refractivity contribution in [2.45, 2.75) is 13.0 Å². The lowest BCUT2D eigenvalue weighted by molar-refractivity contribution is -0.671. The maximum atomic E-state index is 11.1. The molecule has 1 heterocycles. The highest BCUT2D eigenvalue weighted by atomic mass is 32.2. The van der Waals surface area contributed by atoms with Crippen molar-refractivity contribution in [1.29, 1.82) is 0 Å². The molecular weight excluding hydrogens is 492 g/mol. The van der Waals surface area contributed by atoms with Crippen molar-refractivity contribution >= 4 is 50.2 Å². The minimum Gasteiger partial charge on any atom is -0.311 e. The largest absolute Gasteiger partial charge is 0.311 e.